The van der Waals surface area contributed by atoms with Crippen LogP contribution < -0.4 is 5.73 Å². The maximum absolute atomic E-state index is 10.5. The lowest BCUT2D eigenvalue weighted by Crippen LogP contribution is -2.44. The van der Waals surface area contributed by atoms with Crippen LogP contribution in [-0.2, 0) is 10.5 Å². The zero-order valence-corrected chi connectivity index (χ0v) is 6.64. The van der Waals surface area contributed by atoms with Gasteiger partial charge in [-0.3, -0.25) is 5.73 Å². The second kappa shape index (κ2) is 3.04. The van der Waals surface area contributed by atoms with Gasteiger partial charge in [0.2, 0.25) is 5.72 Å². The van der Waals surface area contributed by atoms with Crippen molar-refractivity contribution in [3.05, 3.63) is 29.8 Å². The van der Waals surface area contributed by atoms with Gasteiger partial charge in [-0.1, -0.05) is 12.1 Å². The lowest BCUT2D eigenvalue weighted by molar-refractivity contribution is -0.159. The average molecular weight is 183 g/mol. The van der Waals surface area contributed by atoms with Gasteiger partial charge in [0.15, 0.2) is 0 Å². The number of phenols is 1. The maximum Gasteiger partial charge on any atom is 0.356 e. The number of carboxylic acid groups (broad SMARTS) is 1. The van der Waals surface area contributed by atoms with Gasteiger partial charge >= 0.3 is 5.97 Å². The van der Waals surface area contributed by atoms with E-state index in [1.165, 1.54) is 24.3 Å². The van der Waals surface area contributed by atoms with Crippen molar-refractivity contribution in [3.8, 4) is 5.75 Å². The predicted octanol–water partition coefficient (Wildman–Crippen LogP) is -0.419. The number of rotatable bonds is 2. The molecule has 5 nitrogen and oxygen atoms in total. The standard InChI is InChI=1S/C8H9NO4/c9-8(13,7(11)12)5-1-3-6(10)4-2-5/h1-4,10,13H,9H2,(H,11,12)/t8-/m0/s1. The summed E-state index contributed by atoms with van der Waals surface area (Å²) in [4.78, 5) is 10.5. The summed E-state index contributed by atoms with van der Waals surface area (Å²) < 4.78 is 0. The number of aliphatic carboxylic acids is 1. The van der Waals surface area contributed by atoms with E-state index in [0.717, 1.165) is 0 Å². The molecule has 1 atom stereocenters. The van der Waals surface area contributed by atoms with Gasteiger partial charge in [-0.15, -0.1) is 0 Å². The fourth-order valence-electron chi connectivity index (χ4n) is 0.839. The molecule has 0 aliphatic carbocycles. The highest BCUT2D eigenvalue weighted by molar-refractivity contribution is 5.78. The predicted molar refractivity (Wildman–Crippen MR) is 43.8 cm³/mol. The Kier molecular flexibility index (Phi) is 2.22. The van der Waals surface area contributed by atoms with Crippen molar-refractivity contribution in [3.63, 3.8) is 0 Å². The van der Waals surface area contributed by atoms with Crippen LogP contribution in [0.25, 0.3) is 0 Å². The van der Waals surface area contributed by atoms with Gasteiger partial charge in [-0.2, -0.15) is 0 Å². The maximum atomic E-state index is 10.5. The van der Waals surface area contributed by atoms with E-state index in [2.05, 4.69) is 0 Å². The largest absolute Gasteiger partial charge is 0.508 e. The third-order valence-electron chi connectivity index (χ3n) is 1.63. The highest BCUT2D eigenvalue weighted by Crippen LogP contribution is 2.18. The number of aliphatic hydroxyl groups is 1. The third kappa shape index (κ3) is 1.77. The van der Waals surface area contributed by atoms with Crippen LogP contribution in [0, 0.1) is 0 Å². The van der Waals surface area contributed by atoms with Crippen LogP contribution in [0.3, 0.4) is 0 Å². The summed E-state index contributed by atoms with van der Waals surface area (Å²) in [6.07, 6.45) is 0. The molecule has 0 amide bonds. The zero-order chi connectivity index (χ0) is 10.1. The van der Waals surface area contributed by atoms with Crippen LogP contribution in [0.5, 0.6) is 5.75 Å². The molecule has 13 heavy (non-hydrogen) atoms. The Morgan fingerprint density at radius 3 is 2.15 bits per heavy atom. The van der Waals surface area contributed by atoms with E-state index in [-0.39, 0.29) is 11.3 Å². The molecule has 0 aromatic heterocycles. The molecule has 70 valence electrons. The van der Waals surface area contributed by atoms with Gasteiger partial charge < -0.3 is 15.3 Å². The monoisotopic (exact) mass is 183 g/mol. The number of nitrogens with two attached hydrogens (primary N) is 1. The van der Waals surface area contributed by atoms with Crippen molar-refractivity contribution < 1.29 is 20.1 Å². The number of hydrogen-bond acceptors (Lipinski definition) is 4. The summed E-state index contributed by atoms with van der Waals surface area (Å²) in [7, 11) is 0. The molecule has 0 fully saturated rings. The Morgan fingerprint density at radius 1 is 1.31 bits per heavy atom. The molecule has 1 aromatic carbocycles. The van der Waals surface area contributed by atoms with Gasteiger partial charge in [0.1, 0.15) is 5.75 Å². The van der Waals surface area contributed by atoms with Crippen LogP contribution >= 0.6 is 0 Å². The van der Waals surface area contributed by atoms with Gasteiger partial charge in [0.25, 0.3) is 0 Å². The summed E-state index contributed by atoms with van der Waals surface area (Å²) in [6.45, 7) is 0. The molecule has 0 heterocycles. The van der Waals surface area contributed by atoms with Crippen molar-refractivity contribution in [1.82, 2.24) is 0 Å². The SMILES string of the molecule is N[C@@](O)(C(=O)O)c1ccc(O)cc1. The number of aromatic hydroxyl groups is 1. The first-order valence-electron chi connectivity index (χ1n) is 3.48. The van der Waals surface area contributed by atoms with E-state index in [9.17, 15) is 9.90 Å². The molecule has 0 spiro atoms. The second-order valence-corrected chi connectivity index (χ2v) is 2.62. The summed E-state index contributed by atoms with van der Waals surface area (Å²) in [5.74, 6) is -1.57. The molecule has 5 heteroatoms. The molecule has 5 N–H and O–H groups in total. The van der Waals surface area contributed by atoms with E-state index in [4.69, 9.17) is 15.9 Å². The Bertz CT molecular complexity index is 317. The quantitative estimate of drug-likeness (QED) is 0.466. The summed E-state index contributed by atoms with van der Waals surface area (Å²) in [6, 6.07) is 4.97. The van der Waals surface area contributed by atoms with E-state index in [1.54, 1.807) is 0 Å². The van der Waals surface area contributed by atoms with Crippen molar-refractivity contribution in [1.29, 1.82) is 0 Å². The van der Waals surface area contributed by atoms with E-state index >= 15 is 0 Å². The number of carboxylic acids is 1. The number of carbonyl (C=O) groups is 1. The van der Waals surface area contributed by atoms with Crippen LogP contribution in [-0.4, -0.2) is 21.3 Å². The molecule has 0 saturated heterocycles. The summed E-state index contributed by atoms with van der Waals surface area (Å²) in [5.41, 5.74) is 2.71. The second-order valence-electron chi connectivity index (χ2n) is 2.62. The zero-order valence-electron chi connectivity index (χ0n) is 6.64. The van der Waals surface area contributed by atoms with Crippen molar-refractivity contribution in [2.75, 3.05) is 0 Å². The third-order valence-corrected chi connectivity index (χ3v) is 1.63. The molecule has 0 radical (unpaired) electrons. The van der Waals surface area contributed by atoms with Crippen molar-refractivity contribution >= 4 is 5.97 Å². The topological polar surface area (TPSA) is 104 Å². The Balaban J connectivity index is 3.08. The van der Waals surface area contributed by atoms with Crippen molar-refractivity contribution in [2.45, 2.75) is 5.72 Å². The number of benzene rings is 1. The Labute approximate surface area is 74.0 Å². The molecule has 0 aliphatic heterocycles. The minimum atomic E-state index is -2.41. The van der Waals surface area contributed by atoms with E-state index in [1.807, 2.05) is 0 Å². The number of phenolic OH excluding ortho intramolecular Hbond substituents is 1. The first-order chi connectivity index (χ1) is 5.94. The molecular formula is C8H9NO4. The summed E-state index contributed by atoms with van der Waals surface area (Å²) >= 11 is 0. The van der Waals surface area contributed by atoms with Gasteiger partial charge in [-0.05, 0) is 12.1 Å². The lowest BCUT2D eigenvalue weighted by atomic mass is 10.0. The average Bonchev–Trinajstić information content (AvgIpc) is 2.04. The van der Waals surface area contributed by atoms with Gasteiger partial charge in [-0.25, -0.2) is 4.79 Å². The normalized spacial score (nSPS) is 14.9. The smallest absolute Gasteiger partial charge is 0.356 e. The molecule has 1 rings (SSSR count). The molecule has 1 aromatic rings. The minimum absolute atomic E-state index is 0.0119. The Morgan fingerprint density at radius 2 is 1.77 bits per heavy atom. The number of hydrogen-bond donors (Lipinski definition) is 4. The van der Waals surface area contributed by atoms with Gasteiger partial charge in [0, 0.05) is 5.56 Å². The lowest BCUT2D eigenvalue weighted by Gasteiger charge is -2.17. The molecule has 0 bridgehead atoms. The van der Waals surface area contributed by atoms with Gasteiger partial charge in [0.05, 0.1) is 0 Å². The highest BCUT2D eigenvalue weighted by Gasteiger charge is 2.32. The highest BCUT2D eigenvalue weighted by atomic mass is 16.4. The van der Waals surface area contributed by atoms with Crippen LogP contribution in [0.4, 0.5) is 0 Å². The fourth-order valence-corrected chi connectivity index (χ4v) is 0.839. The van der Waals surface area contributed by atoms with Crippen LogP contribution in [0.1, 0.15) is 5.56 Å². The van der Waals surface area contributed by atoms with E-state index < -0.39 is 11.7 Å². The Hall–Kier alpha value is -1.59. The van der Waals surface area contributed by atoms with Crippen molar-refractivity contribution in [2.24, 2.45) is 5.73 Å². The van der Waals surface area contributed by atoms with E-state index in [0.29, 0.717) is 0 Å². The van der Waals surface area contributed by atoms with Crippen LogP contribution in [0.2, 0.25) is 0 Å². The molecule has 0 unspecified atom stereocenters. The van der Waals surface area contributed by atoms with Crippen LogP contribution in [0.15, 0.2) is 24.3 Å². The fraction of sp³-hybridized carbons (Fsp3) is 0.125. The first kappa shape index (κ1) is 9.50. The first-order valence-corrected chi connectivity index (χ1v) is 3.48. The minimum Gasteiger partial charge on any atom is -0.508 e. The molecule has 0 saturated carbocycles. The summed E-state index contributed by atoms with van der Waals surface area (Å²) in [5, 5.41) is 26.7. The molecular weight excluding hydrogens is 174 g/mol. The molecule has 0 aliphatic rings.